The quantitative estimate of drug-likeness (QED) is 0.731. The predicted molar refractivity (Wildman–Crippen MR) is 101 cm³/mol. The number of carboxylic acids is 1. The Morgan fingerprint density at radius 2 is 1.71 bits per heavy atom. The Hall–Kier alpha value is -1.99. The molecule has 0 aromatic heterocycles. The van der Waals surface area contributed by atoms with Crippen molar-refractivity contribution in [2.45, 2.75) is 41.7 Å². The number of hydrogen-bond acceptors (Lipinski definition) is 3. The summed E-state index contributed by atoms with van der Waals surface area (Å²) in [5, 5.41) is 9.37. The van der Waals surface area contributed by atoms with Crippen LogP contribution in [-0.2, 0) is 19.4 Å². The summed E-state index contributed by atoms with van der Waals surface area (Å²) in [6.45, 7) is 0. The van der Waals surface area contributed by atoms with E-state index in [-0.39, 0.29) is 48.5 Å². The number of benzene rings is 2. The lowest BCUT2D eigenvalue weighted by molar-refractivity contribution is -0.138. The van der Waals surface area contributed by atoms with Gasteiger partial charge in [-0.05, 0) is 74.1 Å². The lowest BCUT2D eigenvalue weighted by Crippen LogP contribution is -2.41. The molecule has 1 saturated carbocycles. The average molecular weight is 429 g/mol. The van der Waals surface area contributed by atoms with Crippen LogP contribution in [0.25, 0.3) is 0 Å². The minimum Gasteiger partial charge on any atom is -0.481 e. The minimum absolute atomic E-state index is 0.0102. The normalized spacial score (nSPS) is 22.8. The van der Waals surface area contributed by atoms with Gasteiger partial charge in [-0.2, -0.15) is 0 Å². The molecule has 2 aromatic carbocycles. The van der Waals surface area contributed by atoms with E-state index in [4.69, 9.17) is 16.7 Å². The van der Waals surface area contributed by atoms with Crippen molar-refractivity contribution in [3.05, 3.63) is 64.7 Å². The van der Waals surface area contributed by atoms with Crippen LogP contribution in [0.2, 0.25) is 5.02 Å². The summed E-state index contributed by atoms with van der Waals surface area (Å²) in [6.07, 6.45) is 0.513. The van der Waals surface area contributed by atoms with Crippen molar-refractivity contribution in [1.82, 2.24) is 0 Å². The number of hydrogen-bond donors (Lipinski definition) is 1. The van der Waals surface area contributed by atoms with Gasteiger partial charge in [-0.3, -0.25) is 4.79 Å². The molecular weight excluding hydrogens is 410 g/mol. The second-order valence-electron chi connectivity index (χ2n) is 7.12. The van der Waals surface area contributed by atoms with Crippen molar-refractivity contribution in [2.24, 2.45) is 5.92 Å². The summed E-state index contributed by atoms with van der Waals surface area (Å²) in [5.74, 6) is -2.69. The van der Waals surface area contributed by atoms with Crippen LogP contribution in [0.1, 0.15) is 37.7 Å². The number of carboxylic acid groups (broad SMARTS) is 1. The molecule has 0 saturated heterocycles. The fraction of sp³-hybridized carbons (Fsp3) is 0.350. The summed E-state index contributed by atoms with van der Waals surface area (Å²) in [6, 6.07) is 8.35. The third-order valence-electron chi connectivity index (χ3n) is 5.43. The number of carbonyl (C=O) groups is 1. The first kappa shape index (κ1) is 20.7. The standard InChI is InChI=1S/C20H19ClF2O4S/c21-14-1-4-16(5-2-14)28(26,27)20(17-12-15(22)3-6-18(17)23)9-7-13(8-10-20)11-19(24)25/h1-6,12-13H,7-11H2,(H,24,25)/t13-,20+. The van der Waals surface area contributed by atoms with Gasteiger partial charge in [-0.25, -0.2) is 17.2 Å². The Morgan fingerprint density at radius 3 is 2.29 bits per heavy atom. The van der Waals surface area contributed by atoms with Crippen molar-refractivity contribution in [2.75, 3.05) is 0 Å². The smallest absolute Gasteiger partial charge is 0.303 e. The molecule has 1 aliphatic carbocycles. The van der Waals surface area contributed by atoms with E-state index in [9.17, 15) is 22.0 Å². The van der Waals surface area contributed by atoms with Gasteiger partial charge < -0.3 is 5.11 Å². The molecule has 0 bridgehead atoms. The molecule has 8 heteroatoms. The lowest BCUT2D eigenvalue weighted by Gasteiger charge is -2.40. The van der Waals surface area contributed by atoms with Gasteiger partial charge in [0.15, 0.2) is 9.84 Å². The first-order chi connectivity index (χ1) is 13.2. The fourth-order valence-electron chi connectivity index (χ4n) is 3.96. The highest BCUT2D eigenvalue weighted by Gasteiger charge is 2.50. The maximum absolute atomic E-state index is 14.7. The van der Waals surface area contributed by atoms with Crippen LogP contribution in [0.15, 0.2) is 47.4 Å². The van der Waals surface area contributed by atoms with Gasteiger partial charge in [0.1, 0.15) is 16.4 Å². The second kappa shape index (κ2) is 7.79. The lowest BCUT2D eigenvalue weighted by atomic mass is 9.76. The molecule has 0 amide bonds. The molecule has 0 unspecified atom stereocenters. The Kier molecular flexibility index (Phi) is 5.77. The van der Waals surface area contributed by atoms with E-state index >= 15 is 0 Å². The molecule has 0 spiro atoms. The molecule has 0 radical (unpaired) electrons. The van der Waals surface area contributed by atoms with Gasteiger partial charge >= 0.3 is 5.97 Å². The summed E-state index contributed by atoms with van der Waals surface area (Å²) in [5.41, 5.74) is -0.212. The highest BCUT2D eigenvalue weighted by atomic mass is 35.5. The van der Waals surface area contributed by atoms with Crippen LogP contribution in [0.5, 0.6) is 0 Å². The first-order valence-corrected chi connectivity index (χ1v) is 10.7. The molecule has 1 fully saturated rings. The molecule has 0 aliphatic heterocycles. The maximum Gasteiger partial charge on any atom is 0.303 e. The molecule has 1 aliphatic rings. The predicted octanol–water partition coefficient (Wildman–Crippen LogP) is 4.95. The van der Waals surface area contributed by atoms with Crippen LogP contribution < -0.4 is 0 Å². The average Bonchev–Trinajstić information content (AvgIpc) is 2.64. The molecule has 0 heterocycles. The van der Waals surface area contributed by atoms with Crippen molar-refractivity contribution in [1.29, 1.82) is 0 Å². The molecule has 1 N–H and O–H groups in total. The van der Waals surface area contributed by atoms with Crippen LogP contribution in [-0.4, -0.2) is 19.5 Å². The molecular formula is C20H19ClF2O4S. The number of aliphatic carboxylic acids is 1. The summed E-state index contributed by atoms with van der Waals surface area (Å²) < 4.78 is 54.0. The van der Waals surface area contributed by atoms with Crippen molar-refractivity contribution in [3.63, 3.8) is 0 Å². The molecule has 2 aromatic rings. The van der Waals surface area contributed by atoms with Gasteiger partial charge in [0, 0.05) is 17.0 Å². The van der Waals surface area contributed by atoms with Gasteiger partial charge in [-0.1, -0.05) is 11.6 Å². The minimum atomic E-state index is -4.10. The highest BCUT2D eigenvalue weighted by molar-refractivity contribution is 7.92. The van der Waals surface area contributed by atoms with E-state index in [1.165, 1.54) is 24.3 Å². The van der Waals surface area contributed by atoms with E-state index in [1.54, 1.807) is 0 Å². The zero-order chi connectivity index (χ0) is 20.5. The summed E-state index contributed by atoms with van der Waals surface area (Å²) in [7, 11) is -4.10. The number of rotatable bonds is 5. The molecule has 28 heavy (non-hydrogen) atoms. The molecule has 4 nitrogen and oxygen atoms in total. The van der Waals surface area contributed by atoms with Gasteiger partial charge in [0.05, 0.1) is 4.90 Å². The molecule has 150 valence electrons. The van der Waals surface area contributed by atoms with Crippen LogP contribution in [0, 0.1) is 17.6 Å². The van der Waals surface area contributed by atoms with E-state index in [0.717, 1.165) is 18.2 Å². The zero-order valence-electron chi connectivity index (χ0n) is 14.9. The van der Waals surface area contributed by atoms with Gasteiger partial charge in [0.2, 0.25) is 0 Å². The SMILES string of the molecule is O=C(O)C[C@H]1CC[C@@](c2cc(F)ccc2F)(S(=O)(=O)c2ccc(Cl)cc2)CC1. The van der Waals surface area contributed by atoms with Crippen LogP contribution >= 0.6 is 11.6 Å². The topological polar surface area (TPSA) is 71.4 Å². The van der Waals surface area contributed by atoms with Crippen molar-refractivity contribution >= 4 is 27.4 Å². The molecule has 0 atom stereocenters. The van der Waals surface area contributed by atoms with Crippen molar-refractivity contribution < 1.29 is 27.1 Å². The van der Waals surface area contributed by atoms with E-state index in [0.29, 0.717) is 5.02 Å². The third kappa shape index (κ3) is 3.78. The highest BCUT2D eigenvalue weighted by Crippen LogP contribution is 2.49. The number of halogens is 3. The Morgan fingerprint density at radius 1 is 1.11 bits per heavy atom. The van der Waals surface area contributed by atoms with E-state index in [2.05, 4.69) is 0 Å². The zero-order valence-corrected chi connectivity index (χ0v) is 16.4. The van der Waals surface area contributed by atoms with E-state index in [1.807, 2.05) is 0 Å². The summed E-state index contributed by atoms with van der Waals surface area (Å²) >= 11 is 5.85. The van der Waals surface area contributed by atoms with E-state index < -0.39 is 32.2 Å². The Balaban J connectivity index is 2.12. The Labute approximate surface area is 167 Å². The van der Waals surface area contributed by atoms with Crippen LogP contribution in [0.4, 0.5) is 8.78 Å². The fourth-order valence-corrected chi connectivity index (χ4v) is 6.25. The van der Waals surface area contributed by atoms with Crippen molar-refractivity contribution in [3.8, 4) is 0 Å². The first-order valence-electron chi connectivity index (χ1n) is 8.83. The van der Waals surface area contributed by atoms with Crippen LogP contribution in [0.3, 0.4) is 0 Å². The number of sulfone groups is 1. The Bertz CT molecular complexity index is 982. The van der Waals surface area contributed by atoms with Gasteiger partial charge in [-0.15, -0.1) is 0 Å². The monoisotopic (exact) mass is 428 g/mol. The maximum atomic E-state index is 14.7. The second-order valence-corrected chi connectivity index (χ2v) is 9.81. The third-order valence-corrected chi connectivity index (χ3v) is 8.24. The molecule has 3 rings (SSSR count). The van der Waals surface area contributed by atoms with Gasteiger partial charge in [0.25, 0.3) is 0 Å². The largest absolute Gasteiger partial charge is 0.481 e. The summed E-state index contributed by atoms with van der Waals surface area (Å²) in [4.78, 5) is 11.0.